The second kappa shape index (κ2) is 20.1. The lowest BCUT2D eigenvalue weighted by Crippen LogP contribution is -2.22. The summed E-state index contributed by atoms with van der Waals surface area (Å²) in [6.07, 6.45) is 3.93. The van der Waals surface area contributed by atoms with E-state index >= 15 is 0 Å². The Balaban J connectivity index is 1.47. The Morgan fingerprint density at radius 3 is 1.39 bits per heavy atom. The first-order valence-corrected chi connectivity index (χ1v) is 29.4. The molecule has 1 aliphatic rings. The summed E-state index contributed by atoms with van der Waals surface area (Å²) >= 11 is 6.10. The molecule has 2 atom stereocenters. The van der Waals surface area contributed by atoms with Gasteiger partial charge in [0, 0.05) is 42.6 Å². The second-order valence-electron chi connectivity index (χ2n) is 28.4. The van der Waals surface area contributed by atoms with E-state index in [1.54, 1.807) is 0 Å². The normalized spacial score (nSPS) is 17.2. The zero-order valence-corrected chi connectivity index (χ0v) is 51.5. The van der Waals surface area contributed by atoms with Crippen LogP contribution in [-0.2, 0) is 32.5 Å². The summed E-state index contributed by atoms with van der Waals surface area (Å²) in [6.45, 7) is 47.1. The predicted octanol–water partition coefficient (Wildman–Crippen LogP) is 22.6. The molecule has 1 saturated carbocycles. The molecular formula is C70H89BrN2S. The van der Waals surface area contributed by atoms with Crippen LogP contribution in [0.25, 0.3) is 21.2 Å². The van der Waals surface area contributed by atoms with Crippen molar-refractivity contribution in [1.29, 1.82) is 0 Å². The van der Waals surface area contributed by atoms with E-state index < -0.39 is 0 Å². The number of hydrogen-bond donors (Lipinski definition) is 0. The summed E-state index contributed by atoms with van der Waals surface area (Å²) in [5, 5.41) is 3.69. The first-order valence-electron chi connectivity index (χ1n) is 27.7. The van der Waals surface area contributed by atoms with Crippen LogP contribution in [0.5, 0.6) is 0 Å². The number of hydrogen-bond acceptors (Lipinski definition) is 3. The van der Waals surface area contributed by atoms with Gasteiger partial charge in [0.25, 0.3) is 0 Å². The van der Waals surface area contributed by atoms with E-state index in [2.05, 4.69) is 285 Å². The smallest absolute Gasteiger partial charge is 0.0647 e. The van der Waals surface area contributed by atoms with Crippen molar-refractivity contribution in [2.45, 2.75) is 196 Å². The third-order valence-corrected chi connectivity index (χ3v) is 17.7. The molecule has 0 amide bonds. The average molecular weight is 1070 g/mol. The fourth-order valence-electron chi connectivity index (χ4n) is 11.2. The minimum Gasteiger partial charge on any atom is -0.309 e. The zero-order chi connectivity index (χ0) is 54.2. The van der Waals surface area contributed by atoms with E-state index in [-0.39, 0.29) is 32.5 Å². The van der Waals surface area contributed by atoms with Crippen molar-refractivity contribution in [3.05, 3.63) is 164 Å². The molecule has 0 radical (unpaired) electrons. The summed E-state index contributed by atoms with van der Waals surface area (Å²) in [5.41, 5.74) is 18.4. The van der Waals surface area contributed by atoms with Crippen LogP contribution >= 0.6 is 27.3 Å². The van der Waals surface area contributed by atoms with Crippen LogP contribution in [-0.4, -0.2) is 0 Å². The maximum Gasteiger partial charge on any atom is 0.0647 e. The van der Waals surface area contributed by atoms with Gasteiger partial charge in [-0.3, -0.25) is 0 Å². The number of nitrogens with zero attached hydrogens (tertiary/aromatic N) is 2. The number of rotatable bonds is 8. The number of fused-ring (bicyclic) bond motifs is 1. The van der Waals surface area contributed by atoms with Crippen molar-refractivity contribution in [2.75, 3.05) is 9.80 Å². The molecule has 1 aliphatic carbocycles. The van der Waals surface area contributed by atoms with Crippen molar-refractivity contribution < 1.29 is 0 Å². The minimum absolute atomic E-state index is 0.00327. The largest absolute Gasteiger partial charge is 0.309 e. The first kappa shape index (κ1) is 55.6. The van der Waals surface area contributed by atoms with Gasteiger partial charge in [0.1, 0.15) is 0 Å². The lowest BCUT2D eigenvalue weighted by Gasteiger charge is -2.36. The molecule has 0 bridgehead atoms. The monoisotopic (exact) mass is 1070 g/mol. The zero-order valence-electron chi connectivity index (χ0n) is 49.1. The SMILES string of the molecule is CC1CCCC(C)C1c1ccc(N(c2cc(N(c3ccc(C(C)(C)C)cc3Br)c3ccc(C(C)(C)C)cc3-c3cc(C(C)(C)C)cc(C(C)(C)C)c3)cc(C(C)(C)C)c2)c2csc3ccc(C(C)(C)C)cc23)cc1. The van der Waals surface area contributed by atoms with E-state index in [1.165, 1.54) is 90.8 Å². The number of anilines is 6. The van der Waals surface area contributed by atoms with Gasteiger partial charge in [0.2, 0.25) is 0 Å². The fraction of sp³-hybridized carbons (Fsp3) is 0.457. The molecule has 7 aromatic rings. The van der Waals surface area contributed by atoms with Crippen LogP contribution < -0.4 is 9.80 Å². The molecule has 392 valence electrons. The quantitative estimate of drug-likeness (QED) is 0.150. The summed E-state index contributed by atoms with van der Waals surface area (Å²) in [5.74, 6) is 1.91. The Morgan fingerprint density at radius 2 is 0.878 bits per heavy atom. The Bertz CT molecular complexity index is 3100. The molecule has 1 fully saturated rings. The van der Waals surface area contributed by atoms with Crippen LogP contribution in [0, 0.1) is 11.8 Å². The highest BCUT2D eigenvalue weighted by atomic mass is 79.9. The van der Waals surface area contributed by atoms with Gasteiger partial charge < -0.3 is 9.80 Å². The Kier molecular flexibility index (Phi) is 15.1. The number of halogens is 1. The Hall–Kier alpha value is -4.64. The highest BCUT2D eigenvalue weighted by Gasteiger charge is 2.32. The van der Waals surface area contributed by atoms with E-state index in [9.17, 15) is 0 Å². The summed E-state index contributed by atoms with van der Waals surface area (Å²) in [4.78, 5) is 5.14. The van der Waals surface area contributed by atoms with Crippen molar-refractivity contribution in [3.63, 3.8) is 0 Å². The van der Waals surface area contributed by atoms with Crippen molar-refractivity contribution in [3.8, 4) is 11.1 Å². The van der Waals surface area contributed by atoms with Gasteiger partial charge in [-0.15, -0.1) is 11.3 Å². The van der Waals surface area contributed by atoms with Crippen molar-refractivity contribution in [2.24, 2.45) is 11.8 Å². The van der Waals surface area contributed by atoms with E-state index in [0.717, 1.165) is 27.2 Å². The lowest BCUT2D eigenvalue weighted by atomic mass is 9.70. The van der Waals surface area contributed by atoms with Gasteiger partial charge >= 0.3 is 0 Å². The molecule has 8 rings (SSSR count). The van der Waals surface area contributed by atoms with Gasteiger partial charge in [-0.1, -0.05) is 206 Å². The third-order valence-electron chi connectivity index (χ3n) is 16.2. The van der Waals surface area contributed by atoms with Crippen LogP contribution in [0.1, 0.15) is 203 Å². The highest BCUT2D eigenvalue weighted by Crippen LogP contribution is 2.52. The van der Waals surface area contributed by atoms with E-state index in [1.807, 2.05) is 11.3 Å². The molecule has 1 heterocycles. The Morgan fingerprint density at radius 1 is 0.419 bits per heavy atom. The maximum absolute atomic E-state index is 4.26. The number of benzene rings is 6. The molecule has 4 heteroatoms. The molecule has 0 aliphatic heterocycles. The van der Waals surface area contributed by atoms with Gasteiger partial charge in [0.05, 0.1) is 17.1 Å². The van der Waals surface area contributed by atoms with Gasteiger partial charge in [0.15, 0.2) is 0 Å². The molecule has 2 unspecified atom stereocenters. The molecule has 0 spiro atoms. The standard InChI is InChI=1S/C70H89BrN2S/c1-44-22-21-23-45(2)64(44)46-24-29-54(30-25-46)72(62-43-74-63-33-28-49(40-58(62)63)66(6,7)8)55-37-53(70(18,19)20)38-56(42-55)73(61-32-27-50(41-59(61)71)67(9,10)11)60-31-26-48(65(3,4)5)39-57(60)47-34-51(68(12,13)14)36-52(35-47)69(15,16)17/h24-45,64H,21-23H2,1-20H3. The molecule has 6 aromatic carbocycles. The van der Waals surface area contributed by atoms with Gasteiger partial charge in [-0.2, -0.15) is 0 Å². The van der Waals surface area contributed by atoms with Crippen LogP contribution in [0.3, 0.4) is 0 Å². The first-order chi connectivity index (χ1) is 34.2. The molecule has 1 aromatic heterocycles. The third kappa shape index (κ3) is 11.7. The minimum atomic E-state index is -0.176. The maximum atomic E-state index is 4.26. The number of thiophene rings is 1. The van der Waals surface area contributed by atoms with E-state index in [4.69, 9.17) is 0 Å². The van der Waals surface area contributed by atoms with Crippen LogP contribution in [0.4, 0.5) is 34.1 Å². The molecule has 2 nitrogen and oxygen atoms in total. The molecule has 0 saturated heterocycles. The van der Waals surface area contributed by atoms with Crippen molar-refractivity contribution >= 4 is 71.5 Å². The second-order valence-corrected chi connectivity index (χ2v) is 30.2. The molecule has 74 heavy (non-hydrogen) atoms. The predicted molar refractivity (Wildman–Crippen MR) is 331 cm³/mol. The van der Waals surface area contributed by atoms with Gasteiger partial charge in [-0.25, -0.2) is 0 Å². The molecule has 0 N–H and O–H groups in total. The Labute approximate surface area is 461 Å². The summed E-state index contributed by atoms with van der Waals surface area (Å²) in [6, 6.07) is 46.0. The van der Waals surface area contributed by atoms with Crippen molar-refractivity contribution in [1.82, 2.24) is 0 Å². The topological polar surface area (TPSA) is 6.48 Å². The van der Waals surface area contributed by atoms with E-state index in [0.29, 0.717) is 17.8 Å². The summed E-state index contributed by atoms with van der Waals surface area (Å²) < 4.78 is 2.36. The highest BCUT2D eigenvalue weighted by molar-refractivity contribution is 9.10. The average Bonchev–Trinajstić information content (AvgIpc) is 3.71. The van der Waals surface area contributed by atoms with Gasteiger partial charge in [-0.05, 0) is 177 Å². The lowest BCUT2D eigenvalue weighted by molar-refractivity contribution is 0.249. The molecular weight excluding hydrogens is 981 g/mol. The van der Waals surface area contributed by atoms with Crippen LogP contribution in [0.15, 0.2) is 125 Å². The van der Waals surface area contributed by atoms with Crippen LogP contribution in [0.2, 0.25) is 0 Å². The fourth-order valence-corrected chi connectivity index (χ4v) is 12.7. The summed E-state index contributed by atoms with van der Waals surface area (Å²) in [7, 11) is 0.